The molecule has 0 spiro atoms. The maximum absolute atomic E-state index is 13.6. The van der Waals surface area contributed by atoms with Crippen LogP contribution in [0.15, 0.2) is 16.5 Å². The van der Waals surface area contributed by atoms with Crippen LogP contribution in [0.5, 0.6) is 0 Å². The van der Waals surface area contributed by atoms with E-state index in [1.807, 2.05) is 13.8 Å². The monoisotopic (exact) mass is 287 g/mol. The summed E-state index contributed by atoms with van der Waals surface area (Å²) in [6.45, 7) is 4.29. The number of aromatic nitrogens is 2. The molecule has 0 atom stereocenters. The predicted molar refractivity (Wildman–Crippen MR) is 66.6 cm³/mol. The van der Waals surface area contributed by atoms with Crippen LogP contribution in [0.4, 0.5) is 8.78 Å². The number of nitrogens with one attached hydrogen (secondary N) is 1. The summed E-state index contributed by atoms with van der Waals surface area (Å²) in [7, 11) is 0. The quantitative estimate of drug-likeness (QED) is 0.878. The summed E-state index contributed by atoms with van der Waals surface area (Å²) in [5.41, 5.74) is -0.106. The van der Waals surface area contributed by atoms with Crippen molar-refractivity contribution in [2.24, 2.45) is 0 Å². The molecule has 0 saturated carbocycles. The molecule has 0 unspecified atom stereocenters. The molecule has 2 rings (SSSR count). The molecule has 102 valence electrons. The van der Waals surface area contributed by atoms with Crippen molar-refractivity contribution in [1.82, 2.24) is 15.5 Å². The minimum absolute atomic E-state index is 0.0753. The molecule has 0 saturated heterocycles. The van der Waals surface area contributed by atoms with Crippen molar-refractivity contribution in [2.45, 2.75) is 26.4 Å². The lowest BCUT2D eigenvalue weighted by Gasteiger charge is -2.03. The molecule has 0 aliphatic heterocycles. The molecule has 0 aliphatic carbocycles. The third-order valence-corrected chi connectivity index (χ3v) is 2.66. The number of benzene rings is 1. The van der Waals surface area contributed by atoms with Gasteiger partial charge in [-0.1, -0.05) is 25.4 Å². The Morgan fingerprint density at radius 2 is 2.00 bits per heavy atom. The smallest absolute Gasteiger partial charge is 0.250 e. The molecule has 0 fully saturated rings. The van der Waals surface area contributed by atoms with Crippen molar-refractivity contribution in [3.05, 3.63) is 34.7 Å². The molecule has 1 aromatic heterocycles. The normalized spacial score (nSPS) is 11.3. The summed E-state index contributed by atoms with van der Waals surface area (Å²) < 4.78 is 32.2. The van der Waals surface area contributed by atoms with Crippen LogP contribution in [-0.2, 0) is 6.54 Å². The second-order valence-corrected chi connectivity index (χ2v) is 4.69. The van der Waals surface area contributed by atoms with E-state index in [4.69, 9.17) is 16.0 Å². The van der Waals surface area contributed by atoms with Gasteiger partial charge in [-0.2, -0.15) is 0 Å². The highest BCUT2D eigenvalue weighted by molar-refractivity contribution is 6.30. The Hall–Kier alpha value is -1.53. The third-order valence-electron chi connectivity index (χ3n) is 2.37. The van der Waals surface area contributed by atoms with Crippen LogP contribution in [0, 0.1) is 11.6 Å². The average molecular weight is 288 g/mol. The fraction of sp³-hybridized carbons (Fsp3) is 0.333. The van der Waals surface area contributed by atoms with Crippen LogP contribution >= 0.6 is 11.6 Å². The standard InChI is InChI=1S/C12H12ClF2N3O/c1-6(2)16-5-11-17-18-12(19-11)7-3-10(15)8(13)4-9(7)14/h3-4,6,16H,5H2,1-2H3. The van der Waals surface area contributed by atoms with Crippen molar-refractivity contribution < 1.29 is 13.2 Å². The molecule has 0 aliphatic rings. The van der Waals surface area contributed by atoms with Crippen molar-refractivity contribution >= 4 is 11.6 Å². The lowest BCUT2D eigenvalue weighted by molar-refractivity contribution is 0.456. The molecular weight excluding hydrogens is 276 g/mol. The van der Waals surface area contributed by atoms with E-state index in [2.05, 4.69) is 15.5 Å². The zero-order valence-corrected chi connectivity index (χ0v) is 11.1. The summed E-state index contributed by atoms with van der Waals surface area (Å²) in [6.07, 6.45) is 0. The molecule has 7 heteroatoms. The van der Waals surface area contributed by atoms with Crippen LogP contribution < -0.4 is 5.32 Å². The van der Waals surface area contributed by atoms with E-state index in [0.717, 1.165) is 12.1 Å². The summed E-state index contributed by atoms with van der Waals surface area (Å²) in [5, 5.41) is 10.2. The zero-order chi connectivity index (χ0) is 14.0. The zero-order valence-electron chi connectivity index (χ0n) is 10.4. The van der Waals surface area contributed by atoms with Gasteiger partial charge in [0.2, 0.25) is 5.89 Å². The molecule has 1 heterocycles. The highest BCUT2D eigenvalue weighted by atomic mass is 35.5. The van der Waals surface area contributed by atoms with E-state index in [1.165, 1.54) is 0 Å². The first-order valence-electron chi connectivity index (χ1n) is 5.68. The molecule has 1 N–H and O–H groups in total. The molecule has 4 nitrogen and oxygen atoms in total. The Labute approximate surface area is 113 Å². The topological polar surface area (TPSA) is 51.0 Å². The van der Waals surface area contributed by atoms with Crippen LogP contribution in [0.2, 0.25) is 5.02 Å². The number of halogens is 3. The number of hydrogen-bond acceptors (Lipinski definition) is 4. The second kappa shape index (κ2) is 5.63. The number of hydrogen-bond donors (Lipinski definition) is 1. The largest absolute Gasteiger partial charge is 0.419 e. The van der Waals surface area contributed by atoms with Gasteiger partial charge in [0, 0.05) is 6.04 Å². The van der Waals surface area contributed by atoms with Crippen LogP contribution in [-0.4, -0.2) is 16.2 Å². The summed E-state index contributed by atoms with van der Waals surface area (Å²) in [5.74, 6) is -1.22. The number of nitrogens with zero attached hydrogens (tertiary/aromatic N) is 2. The molecular formula is C12H12ClF2N3O. The molecule has 1 aromatic carbocycles. The Bertz CT molecular complexity index is 586. The molecule has 0 radical (unpaired) electrons. The van der Waals surface area contributed by atoms with Gasteiger partial charge in [-0.05, 0) is 12.1 Å². The highest BCUT2D eigenvalue weighted by Crippen LogP contribution is 2.26. The Morgan fingerprint density at radius 3 is 2.68 bits per heavy atom. The van der Waals surface area contributed by atoms with Gasteiger partial charge in [0.1, 0.15) is 11.6 Å². The number of rotatable bonds is 4. The SMILES string of the molecule is CC(C)NCc1nnc(-c2cc(F)c(Cl)cc2F)o1. The first kappa shape index (κ1) is 13.9. The van der Waals surface area contributed by atoms with E-state index in [1.54, 1.807) is 0 Å². The van der Waals surface area contributed by atoms with Crippen LogP contribution in [0.1, 0.15) is 19.7 Å². The third kappa shape index (κ3) is 3.27. The summed E-state index contributed by atoms with van der Waals surface area (Å²) in [4.78, 5) is 0. The van der Waals surface area contributed by atoms with Gasteiger partial charge in [-0.15, -0.1) is 10.2 Å². The Kier molecular flexibility index (Phi) is 4.11. The molecule has 0 bridgehead atoms. The minimum Gasteiger partial charge on any atom is -0.419 e. The van der Waals surface area contributed by atoms with Gasteiger partial charge in [0.15, 0.2) is 0 Å². The Morgan fingerprint density at radius 1 is 1.26 bits per heavy atom. The van der Waals surface area contributed by atoms with Crippen LogP contribution in [0.3, 0.4) is 0 Å². The lowest BCUT2D eigenvalue weighted by atomic mass is 10.2. The second-order valence-electron chi connectivity index (χ2n) is 4.28. The van der Waals surface area contributed by atoms with E-state index in [0.29, 0.717) is 12.4 Å². The van der Waals surface area contributed by atoms with E-state index < -0.39 is 11.6 Å². The first-order chi connectivity index (χ1) is 8.97. The minimum atomic E-state index is -0.738. The Balaban J connectivity index is 2.25. The van der Waals surface area contributed by atoms with E-state index in [-0.39, 0.29) is 22.5 Å². The van der Waals surface area contributed by atoms with Gasteiger partial charge in [0.25, 0.3) is 5.89 Å². The fourth-order valence-electron chi connectivity index (χ4n) is 1.41. The van der Waals surface area contributed by atoms with Crippen molar-refractivity contribution in [1.29, 1.82) is 0 Å². The molecule has 0 amide bonds. The van der Waals surface area contributed by atoms with E-state index in [9.17, 15) is 8.78 Å². The lowest BCUT2D eigenvalue weighted by Crippen LogP contribution is -2.21. The van der Waals surface area contributed by atoms with Gasteiger partial charge in [-0.25, -0.2) is 8.78 Å². The van der Waals surface area contributed by atoms with Crippen molar-refractivity contribution in [2.75, 3.05) is 0 Å². The van der Waals surface area contributed by atoms with Gasteiger partial charge < -0.3 is 9.73 Å². The van der Waals surface area contributed by atoms with Gasteiger partial charge in [0.05, 0.1) is 17.1 Å². The summed E-state index contributed by atoms with van der Waals surface area (Å²) >= 11 is 5.47. The fourth-order valence-corrected chi connectivity index (χ4v) is 1.56. The summed E-state index contributed by atoms with van der Waals surface area (Å²) in [6, 6.07) is 2.06. The average Bonchev–Trinajstić information content (AvgIpc) is 2.80. The van der Waals surface area contributed by atoms with Gasteiger partial charge >= 0.3 is 0 Å². The highest BCUT2D eigenvalue weighted by Gasteiger charge is 2.16. The predicted octanol–water partition coefficient (Wildman–Crippen LogP) is 3.17. The molecule has 2 aromatic rings. The van der Waals surface area contributed by atoms with Crippen LogP contribution in [0.25, 0.3) is 11.5 Å². The van der Waals surface area contributed by atoms with Crippen molar-refractivity contribution in [3.63, 3.8) is 0 Å². The first-order valence-corrected chi connectivity index (χ1v) is 6.06. The molecule has 19 heavy (non-hydrogen) atoms. The van der Waals surface area contributed by atoms with Gasteiger partial charge in [-0.3, -0.25) is 0 Å². The maximum atomic E-state index is 13.6. The van der Waals surface area contributed by atoms with Crippen molar-refractivity contribution in [3.8, 4) is 11.5 Å². The van der Waals surface area contributed by atoms with E-state index >= 15 is 0 Å². The maximum Gasteiger partial charge on any atom is 0.250 e.